The highest BCUT2D eigenvalue weighted by Crippen LogP contribution is 2.38. The third-order valence-corrected chi connectivity index (χ3v) is 5.85. The third-order valence-electron chi connectivity index (χ3n) is 5.33. The molecule has 2 N–H and O–H groups in total. The van der Waals surface area contributed by atoms with Crippen LogP contribution in [0.4, 0.5) is 4.79 Å². The molecule has 0 saturated heterocycles. The van der Waals surface area contributed by atoms with Crippen molar-refractivity contribution >= 4 is 22.0 Å². The Morgan fingerprint density at radius 2 is 2.00 bits per heavy atom. The molecule has 1 heterocycles. The molecule has 7 heteroatoms. The number of urea groups is 1. The van der Waals surface area contributed by atoms with Gasteiger partial charge in [-0.15, -0.1) is 0 Å². The van der Waals surface area contributed by atoms with E-state index in [1.807, 2.05) is 45.7 Å². The predicted octanol–water partition coefficient (Wildman–Crippen LogP) is 3.63. The second-order valence-electron chi connectivity index (χ2n) is 7.50. The molecule has 0 bridgehead atoms. The number of amides is 2. The molecular weight excluding hydrogens is 406 g/mol. The Bertz CT molecular complexity index is 754. The fourth-order valence-electron chi connectivity index (χ4n) is 3.51. The van der Waals surface area contributed by atoms with E-state index in [9.17, 15) is 4.79 Å². The fourth-order valence-corrected chi connectivity index (χ4v) is 3.77. The SMILES string of the molecule is CN(C)C(CNC(=O)NC(c1ccc(Br)cc1)C1CCC1)c1cnn(C)c1. The summed E-state index contributed by atoms with van der Waals surface area (Å²) in [5.41, 5.74) is 2.25. The van der Waals surface area contributed by atoms with Crippen molar-refractivity contribution in [3.8, 4) is 0 Å². The quantitative estimate of drug-likeness (QED) is 0.700. The van der Waals surface area contributed by atoms with Gasteiger partial charge in [-0.2, -0.15) is 5.10 Å². The molecule has 2 aromatic rings. The van der Waals surface area contributed by atoms with E-state index in [2.05, 4.69) is 48.7 Å². The van der Waals surface area contributed by atoms with Crippen LogP contribution in [0.3, 0.4) is 0 Å². The van der Waals surface area contributed by atoms with Crippen LogP contribution in [0.2, 0.25) is 0 Å². The van der Waals surface area contributed by atoms with Gasteiger partial charge in [0.15, 0.2) is 0 Å². The first-order chi connectivity index (χ1) is 12.9. The van der Waals surface area contributed by atoms with Gasteiger partial charge in [0, 0.05) is 29.8 Å². The van der Waals surface area contributed by atoms with Gasteiger partial charge in [-0.1, -0.05) is 34.5 Å². The maximum atomic E-state index is 12.6. The van der Waals surface area contributed by atoms with Crippen molar-refractivity contribution in [2.75, 3.05) is 20.6 Å². The summed E-state index contributed by atoms with van der Waals surface area (Å²) >= 11 is 3.48. The van der Waals surface area contributed by atoms with Gasteiger partial charge in [0.2, 0.25) is 0 Å². The zero-order valence-electron chi connectivity index (χ0n) is 16.2. The summed E-state index contributed by atoms with van der Waals surface area (Å²) in [5, 5.41) is 10.5. The Balaban J connectivity index is 1.62. The van der Waals surface area contributed by atoms with Crippen LogP contribution in [0.25, 0.3) is 0 Å². The lowest BCUT2D eigenvalue weighted by atomic mass is 9.77. The molecule has 1 saturated carbocycles. The summed E-state index contributed by atoms with van der Waals surface area (Å²) in [6.07, 6.45) is 7.41. The number of carbonyl (C=O) groups is 1. The minimum atomic E-state index is -0.120. The van der Waals surface area contributed by atoms with E-state index in [1.165, 1.54) is 6.42 Å². The molecular formula is C20H28BrN5O. The standard InChI is InChI=1S/C20H28BrN5O/c1-25(2)18(16-11-23-26(3)13-16)12-22-20(27)24-19(14-5-4-6-14)15-7-9-17(21)10-8-15/h7-11,13-14,18-19H,4-6,12H2,1-3H3,(H2,22,24,27). The molecule has 2 amide bonds. The number of hydrogen-bond acceptors (Lipinski definition) is 3. The Morgan fingerprint density at radius 3 is 2.52 bits per heavy atom. The first-order valence-electron chi connectivity index (χ1n) is 9.39. The van der Waals surface area contributed by atoms with Crippen LogP contribution in [-0.2, 0) is 7.05 Å². The highest BCUT2D eigenvalue weighted by molar-refractivity contribution is 9.10. The highest BCUT2D eigenvalue weighted by Gasteiger charge is 2.30. The van der Waals surface area contributed by atoms with E-state index in [0.29, 0.717) is 12.5 Å². The average Bonchev–Trinajstić information content (AvgIpc) is 2.99. The maximum absolute atomic E-state index is 12.6. The first kappa shape index (κ1) is 19.9. The summed E-state index contributed by atoms with van der Waals surface area (Å²) in [6, 6.07) is 8.26. The Hall–Kier alpha value is -1.86. The summed E-state index contributed by atoms with van der Waals surface area (Å²) in [5.74, 6) is 0.514. The van der Waals surface area contributed by atoms with Gasteiger partial charge >= 0.3 is 6.03 Å². The number of aromatic nitrogens is 2. The predicted molar refractivity (Wildman–Crippen MR) is 110 cm³/mol. The molecule has 6 nitrogen and oxygen atoms in total. The van der Waals surface area contributed by atoms with Crippen LogP contribution < -0.4 is 10.6 Å². The maximum Gasteiger partial charge on any atom is 0.315 e. The van der Waals surface area contributed by atoms with Crippen LogP contribution in [0.5, 0.6) is 0 Å². The largest absolute Gasteiger partial charge is 0.336 e. The number of halogens is 1. The first-order valence-corrected chi connectivity index (χ1v) is 10.2. The number of likely N-dealkylation sites (N-methyl/N-ethyl adjacent to an activating group) is 1. The fraction of sp³-hybridized carbons (Fsp3) is 0.500. The molecule has 0 aliphatic heterocycles. The molecule has 1 aromatic carbocycles. The molecule has 1 aromatic heterocycles. The highest BCUT2D eigenvalue weighted by atomic mass is 79.9. The van der Waals surface area contributed by atoms with Crippen molar-refractivity contribution in [3.63, 3.8) is 0 Å². The summed E-state index contributed by atoms with van der Waals surface area (Å²) in [4.78, 5) is 14.7. The van der Waals surface area contributed by atoms with Crippen molar-refractivity contribution in [1.82, 2.24) is 25.3 Å². The zero-order chi connectivity index (χ0) is 19.4. The smallest absolute Gasteiger partial charge is 0.315 e. The number of nitrogens with zero attached hydrogens (tertiary/aromatic N) is 3. The van der Waals surface area contributed by atoms with E-state index in [0.717, 1.165) is 28.4 Å². The number of carbonyl (C=O) groups excluding carboxylic acids is 1. The topological polar surface area (TPSA) is 62.2 Å². The van der Waals surface area contributed by atoms with Crippen LogP contribution in [0.1, 0.15) is 42.5 Å². The van der Waals surface area contributed by atoms with Crippen molar-refractivity contribution in [1.29, 1.82) is 0 Å². The molecule has 2 unspecified atom stereocenters. The normalized spacial score (nSPS) is 16.6. The van der Waals surface area contributed by atoms with E-state index in [-0.39, 0.29) is 18.1 Å². The Morgan fingerprint density at radius 1 is 1.30 bits per heavy atom. The van der Waals surface area contributed by atoms with Crippen molar-refractivity contribution in [2.24, 2.45) is 13.0 Å². The number of benzene rings is 1. The van der Waals surface area contributed by atoms with E-state index >= 15 is 0 Å². The molecule has 27 heavy (non-hydrogen) atoms. The molecule has 0 spiro atoms. The van der Waals surface area contributed by atoms with Crippen LogP contribution in [0, 0.1) is 5.92 Å². The van der Waals surface area contributed by atoms with Gasteiger partial charge in [-0.25, -0.2) is 4.79 Å². The molecule has 3 rings (SSSR count). The molecule has 1 fully saturated rings. The number of nitrogens with one attached hydrogen (secondary N) is 2. The van der Waals surface area contributed by atoms with Gasteiger partial charge < -0.3 is 15.5 Å². The lowest BCUT2D eigenvalue weighted by molar-refractivity contribution is 0.204. The van der Waals surface area contributed by atoms with Gasteiger partial charge in [-0.05, 0) is 50.6 Å². The number of aryl methyl sites for hydroxylation is 1. The van der Waals surface area contributed by atoms with Crippen molar-refractivity contribution in [3.05, 3.63) is 52.3 Å². The van der Waals surface area contributed by atoms with E-state index in [1.54, 1.807) is 4.68 Å². The van der Waals surface area contributed by atoms with Crippen LogP contribution >= 0.6 is 15.9 Å². The van der Waals surface area contributed by atoms with Gasteiger partial charge in [-0.3, -0.25) is 4.68 Å². The number of rotatable bonds is 7. The average molecular weight is 434 g/mol. The Kier molecular flexibility index (Phi) is 6.55. The second kappa shape index (κ2) is 8.89. The molecule has 1 aliphatic carbocycles. The zero-order valence-corrected chi connectivity index (χ0v) is 17.7. The minimum Gasteiger partial charge on any atom is -0.336 e. The molecule has 0 radical (unpaired) electrons. The molecule has 1 aliphatic rings. The van der Waals surface area contributed by atoms with Crippen molar-refractivity contribution < 1.29 is 4.79 Å². The minimum absolute atomic E-state index is 0.0584. The number of hydrogen-bond donors (Lipinski definition) is 2. The van der Waals surface area contributed by atoms with E-state index in [4.69, 9.17) is 0 Å². The van der Waals surface area contributed by atoms with Gasteiger partial charge in [0.05, 0.1) is 18.3 Å². The van der Waals surface area contributed by atoms with Gasteiger partial charge in [0.1, 0.15) is 0 Å². The van der Waals surface area contributed by atoms with Crippen LogP contribution in [0.15, 0.2) is 41.1 Å². The lowest BCUT2D eigenvalue weighted by Gasteiger charge is -2.35. The summed E-state index contributed by atoms with van der Waals surface area (Å²) in [6.45, 7) is 0.530. The van der Waals surface area contributed by atoms with Gasteiger partial charge in [0.25, 0.3) is 0 Å². The molecule has 2 atom stereocenters. The van der Waals surface area contributed by atoms with Crippen LogP contribution in [-0.4, -0.2) is 41.4 Å². The van der Waals surface area contributed by atoms with E-state index < -0.39 is 0 Å². The van der Waals surface area contributed by atoms with Crippen molar-refractivity contribution in [2.45, 2.75) is 31.3 Å². The summed E-state index contributed by atoms with van der Waals surface area (Å²) in [7, 11) is 5.92. The summed E-state index contributed by atoms with van der Waals surface area (Å²) < 4.78 is 2.83. The second-order valence-corrected chi connectivity index (χ2v) is 8.42. The lowest BCUT2D eigenvalue weighted by Crippen LogP contribution is -2.44. The third kappa shape index (κ3) is 5.11. The Labute approximate surface area is 169 Å². The monoisotopic (exact) mass is 433 g/mol. The molecule has 146 valence electrons.